The van der Waals surface area contributed by atoms with Crippen LogP contribution in [0.4, 0.5) is 10.5 Å². The fraction of sp³-hybridized carbons (Fsp3) is 0.481. The average Bonchev–Trinajstić information content (AvgIpc) is 3.50. The van der Waals surface area contributed by atoms with Crippen molar-refractivity contribution in [3.8, 4) is 5.75 Å². The highest BCUT2D eigenvalue weighted by Gasteiger charge is 2.46. The molecule has 0 aromatic heterocycles. The van der Waals surface area contributed by atoms with E-state index < -0.39 is 6.10 Å². The molecule has 35 heavy (non-hydrogen) atoms. The zero-order chi connectivity index (χ0) is 24.2. The number of amides is 3. The van der Waals surface area contributed by atoms with Crippen molar-refractivity contribution in [3.05, 3.63) is 59.7 Å². The Balaban J connectivity index is 1.22. The molecule has 2 fully saturated rings. The standard InChI is InChI=1S/C27H33N3O5/c31-16-24-26-22(13-20(34-24)14-25(32)28-15-17-6-2-1-3-7-17)21-12-19(10-11-23(21)35-26)30-27(33)29-18-8-4-5-9-18/h1-3,6-7,10-12,18,20,22,24,26,31H,4-5,8-9,13-16H2,(H,28,32)(H2,29,30,33)/t20-,22+,24+,26-/m1/s1. The number of hydrogen-bond acceptors (Lipinski definition) is 5. The van der Waals surface area contributed by atoms with Crippen LogP contribution in [0.5, 0.6) is 5.75 Å². The van der Waals surface area contributed by atoms with Crippen LogP contribution in [-0.2, 0) is 16.1 Å². The van der Waals surface area contributed by atoms with Crippen LogP contribution < -0.4 is 20.7 Å². The summed E-state index contributed by atoms with van der Waals surface area (Å²) in [5.74, 6) is 0.618. The minimum Gasteiger partial charge on any atom is -0.487 e. The van der Waals surface area contributed by atoms with Crippen LogP contribution in [-0.4, -0.2) is 48.0 Å². The Kier molecular flexibility index (Phi) is 7.20. The van der Waals surface area contributed by atoms with Crippen LogP contribution in [0.3, 0.4) is 0 Å². The number of urea groups is 1. The molecule has 1 saturated heterocycles. The lowest BCUT2D eigenvalue weighted by molar-refractivity contribution is -0.142. The Morgan fingerprint density at radius 1 is 1.06 bits per heavy atom. The first-order valence-corrected chi connectivity index (χ1v) is 12.5. The highest BCUT2D eigenvalue weighted by Crippen LogP contribution is 2.47. The molecule has 0 bridgehead atoms. The molecule has 186 valence electrons. The van der Waals surface area contributed by atoms with Gasteiger partial charge in [-0.1, -0.05) is 43.2 Å². The third kappa shape index (κ3) is 5.60. The van der Waals surface area contributed by atoms with Gasteiger partial charge in [0.05, 0.1) is 19.1 Å². The Morgan fingerprint density at radius 3 is 2.63 bits per heavy atom. The summed E-state index contributed by atoms with van der Waals surface area (Å²) in [5, 5.41) is 18.9. The number of hydrogen-bond donors (Lipinski definition) is 4. The monoisotopic (exact) mass is 479 g/mol. The van der Waals surface area contributed by atoms with Gasteiger partial charge in [0.15, 0.2) is 0 Å². The van der Waals surface area contributed by atoms with Crippen LogP contribution >= 0.6 is 0 Å². The molecule has 8 nitrogen and oxygen atoms in total. The molecule has 0 unspecified atom stereocenters. The summed E-state index contributed by atoms with van der Waals surface area (Å²) in [7, 11) is 0. The van der Waals surface area contributed by atoms with Gasteiger partial charge in [-0.3, -0.25) is 4.79 Å². The van der Waals surface area contributed by atoms with E-state index in [2.05, 4.69) is 16.0 Å². The van der Waals surface area contributed by atoms with Crippen molar-refractivity contribution in [1.82, 2.24) is 10.6 Å². The maximum absolute atomic E-state index is 12.6. The maximum atomic E-state index is 12.6. The van der Waals surface area contributed by atoms with Crippen LogP contribution in [0.1, 0.15) is 55.6 Å². The van der Waals surface area contributed by atoms with Crippen molar-refractivity contribution in [1.29, 1.82) is 0 Å². The number of aliphatic hydroxyl groups excluding tert-OH is 1. The second-order valence-corrected chi connectivity index (χ2v) is 9.70. The quantitative estimate of drug-likeness (QED) is 0.486. The van der Waals surface area contributed by atoms with Crippen LogP contribution in [0.25, 0.3) is 0 Å². The zero-order valence-corrected chi connectivity index (χ0v) is 19.7. The van der Waals surface area contributed by atoms with Gasteiger partial charge < -0.3 is 30.5 Å². The molecule has 1 aliphatic carbocycles. The molecule has 5 rings (SSSR count). The predicted octanol–water partition coefficient (Wildman–Crippen LogP) is 3.45. The van der Waals surface area contributed by atoms with E-state index in [1.165, 1.54) is 0 Å². The first-order valence-electron chi connectivity index (χ1n) is 12.5. The topological polar surface area (TPSA) is 109 Å². The Bertz CT molecular complexity index is 1040. The molecule has 2 heterocycles. The van der Waals surface area contributed by atoms with E-state index in [1.54, 1.807) is 0 Å². The zero-order valence-electron chi connectivity index (χ0n) is 19.7. The Labute approximate surface area is 205 Å². The van der Waals surface area contributed by atoms with E-state index in [0.29, 0.717) is 18.7 Å². The third-order valence-electron chi connectivity index (χ3n) is 7.19. The van der Waals surface area contributed by atoms with Gasteiger partial charge >= 0.3 is 6.03 Å². The van der Waals surface area contributed by atoms with Gasteiger partial charge in [0.1, 0.15) is 18.0 Å². The molecule has 8 heteroatoms. The summed E-state index contributed by atoms with van der Waals surface area (Å²) in [6.45, 7) is 0.276. The highest BCUT2D eigenvalue weighted by molar-refractivity contribution is 5.89. The number of carbonyl (C=O) groups is 2. The van der Waals surface area contributed by atoms with Crippen molar-refractivity contribution >= 4 is 17.6 Å². The van der Waals surface area contributed by atoms with E-state index in [0.717, 1.165) is 42.6 Å². The number of carbonyl (C=O) groups excluding carboxylic acids is 2. The van der Waals surface area contributed by atoms with Crippen molar-refractivity contribution in [2.45, 2.75) is 75.3 Å². The molecule has 3 aliphatic rings. The van der Waals surface area contributed by atoms with E-state index in [-0.39, 0.29) is 49.1 Å². The van der Waals surface area contributed by atoms with E-state index in [9.17, 15) is 14.7 Å². The molecule has 3 amide bonds. The summed E-state index contributed by atoms with van der Waals surface area (Å²) in [6.07, 6.45) is 4.01. The average molecular weight is 480 g/mol. The van der Waals surface area contributed by atoms with Crippen LogP contribution in [0.2, 0.25) is 0 Å². The lowest BCUT2D eigenvalue weighted by Crippen LogP contribution is -2.47. The minimum absolute atomic E-state index is 0.0255. The lowest BCUT2D eigenvalue weighted by atomic mass is 9.84. The molecule has 1 saturated carbocycles. The number of benzene rings is 2. The number of fused-ring (bicyclic) bond motifs is 3. The van der Waals surface area contributed by atoms with Gasteiger partial charge in [-0.2, -0.15) is 0 Å². The lowest BCUT2D eigenvalue weighted by Gasteiger charge is -2.37. The molecule has 0 spiro atoms. The van der Waals surface area contributed by atoms with Crippen LogP contribution in [0.15, 0.2) is 48.5 Å². The van der Waals surface area contributed by atoms with Crippen LogP contribution in [0, 0.1) is 0 Å². The van der Waals surface area contributed by atoms with Gasteiger partial charge in [-0.05, 0) is 43.0 Å². The third-order valence-corrected chi connectivity index (χ3v) is 7.19. The van der Waals surface area contributed by atoms with Crippen molar-refractivity contribution in [2.75, 3.05) is 11.9 Å². The molecule has 4 atom stereocenters. The summed E-state index contributed by atoms with van der Waals surface area (Å²) >= 11 is 0. The molecular formula is C27H33N3O5. The van der Waals surface area contributed by atoms with Crippen molar-refractivity contribution in [2.24, 2.45) is 0 Å². The minimum atomic E-state index is -0.518. The van der Waals surface area contributed by atoms with Crippen molar-refractivity contribution < 1.29 is 24.2 Å². The highest BCUT2D eigenvalue weighted by atomic mass is 16.6. The summed E-state index contributed by atoms with van der Waals surface area (Å²) in [5.41, 5.74) is 2.71. The van der Waals surface area contributed by atoms with E-state index in [4.69, 9.17) is 9.47 Å². The van der Waals surface area contributed by atoms with Gasteiger partial charge in [-0.25, -0.2) is 4.79 Å². The second-order valence-electron chi connectivity index (χ2n) is 9.70. The van der Waals surface area contributed by atoms with Gasteiger partial charge in [0, 0.05) is 29.8 Å². The first-order chi connectivity index (χ1) is 17.1. The summed E-state index contributed by atoms with van der Waals surface area (Å²) in [4.78, 5) is 25.0. The smallest absolute Gasteiger partial charge is 0.319 e. The Hall–Kier alpha value is -3.10. The normalized spacial score (nSPS) is 25.3. The Morgan fingerprint density at radius 2 is 1.86 bits per heavy atom. The summed E-state index contributed by atoms with van der Waals surface area (Å²) < 4.78 is 12.2. The maximum Gasteiger partial charge on any atom is 0.319 e. The fourth-order valence-electron chi connectivity index (χ4n) is 5.47. The largest absolute Gasteiger partial charge is 0.487 e. The number of rotatable bonds is 7. The first kappa shape index (κ1) is 23.6. The van der Waals surface area contributed by atoms with Gasteiger partial charge in [0.25, 0.3) is 0 Å². The van der Waals surface area contributed by atoms with Gasteiger partial charge in [0.2, 0.25) is 5.91 Å². The number of nitrogens with one attached hydrogen (secondary N) is 3. The number of anilines is 1. The van der Waals surface area contributed by atoms with E-state index >= 15 is 0 Å². The number of aliphatic hydroxyl groups is 1. The molecule has 2 aliphatic heterocycles. The fourth-order valence-corrected chi connectivity index (χ4v) is 5.47. The summed E-state index contributed by atoms with van der Waals surface area (Å²) in [6, 6.07) is 15.4. The van der Waals surface area contributed by atoms with Gasteiger partial charge in [-0.15, -0.1) is 0 Å². The van der Waals surface area contributed by atoms with E-state index in [1.807, 2.05) is 48.5 Å². The SMILES string of the molecule is O=C(C[C@H]1C[C@H]2c3cc(NC(=O)NC4CCCC4)ccc3O[C@H]2[C@H](CO)O1)NCc1ccccc1. The number of ether oxygens (including phenoxy) is 2. The molecular weight excluding hydrogens is 446 g/mol. The molecule has 0 radical (unpaired) electrons. The molecule has 2 aromatic carbocycles. The molecule has 4 N–H and O–H groups in total. The molecule has 2 aromatic rings. The van der Waals surface area contributed by atoms with Crippen molar-refractivity contribution in [3.63, 3.8) is 0 Å². The second kappa shape index (κ2) is 10.7. The predicted molar refractivity (Wildman–Crippen MR) is 131 cm³/mol.